The van der Waals surface area contributed by atoms with Gasteiger partial charge < -0.3 is 14.2 Å². The Labute approximate surface area is 167 Å². The summed E-state index contributed by atoms with van der Waals surface area (Å²) in [6, 6.07) is 0. The fourth-order valence-corrected chi connectivity index (χ4v) is 2.50. The number of esters is 2. The minimum absolute atomic E-state index is 0.0157. The first-order chi connectivity index (χ1) is 13.5. The third kappa shape index (κ3) is 8.36. The van der Waals surface area contributed by atoms with Crippen LogP contribution in [0, 0.1) is 19.3 Å². The summed E-state index contributed by atoms with van der Waals surface area (Å²) in [6.45, 7) is 3.94. The first kappa shape index (κ1) is 23.4. The average molecular weight is 387 g/mol. The van der Waals surface area contributed by atoms with Crippen molar-refractivity contribution in [2.24, 2.45) is 0 Å². The van der Waals surface area contributed by atoms with E-state index >= 15 is 0 Å². The molecule has 0 aliphatic heterocycles. The quantitative estimate of drug-likeness (QED) is 0.233. The molecule has 0 atom stereocenters. The zero-order valence-electron chi connectivity index (χ0n) is 17.0. The van der Waals surface area contributed by atoms with Crippen LogP contribution in [0.4, 0.5) is 0 Å². The average Bonchev–Trinajstić information content (AvgIpc) is 2.67. The van der Waals surface area contributed by atoms with Gasteiger partial charge in [0, 0.05) is 43.7 Å². The molecule has 0 spiro atoms. The van der Waals surface area contributed by atoms with E-state index in [0.717, 1.165) is 6.42 Å². The van der Waals surface area contributed by atoms with E-state index in [4.69, 9.17) is 20.6 Å². The Morgan fingerprint density at radius 2 is 1.96 bits per heavy atom. The van der Waals surface area contributed by atoms with E-state index in [0.29, 0.717) is 48.3 Å². The molecular formula is C22H29NO5. The number of hydrogen-bond donors (Lipinski definition) is 0. The Hall–Kier alpha value is -2.65. The number of allylic oxidation sites excluding steroid dienone is 2. The third-order valence-corrected chi connectivity index (χ3v) is 3.99. The van der Waals surface area contributed by atoms with Gasteiger partial charge in [0.2, 0.25) is 0 Å². The molecule has 0 saturated carbocycles. The van der Waals surface area contributed by atoms with Crippen LogP contribution >= 0.6 is 0 Å². The Kier molecular flexibility index (Phi) is 11.3. The van der Waals surface area contributed by atoms with Crippen molar-refractivity contribution < 1.29 is 23.8 Å². The predicted molar refractivity (Wildman–Crippen MR) is 106 cm³/mol. The van der Waals surface area contributed by atoms with Crippen molar-refractivity contribution >= 4 is 11.9 Å². The van der Waals surface area contributed by atoms with Crippen LogP contribution in [0.25, 0.3) is 0 Å². The number of terminal acetylenes is 1. The highest BCUT2D eigenvalue weighted by Crippen LogP contribution is 2.27. The summed E-state index contributed by atoms with van der Waals surface area (Å²) >= 11 is 0. The third-order valence-electron chi connectivity index (χ3n) is 3.99. The summed E-state index contributed by atoms with van der Waals surface area (Å²) in [5.74, 6) is 2.13. The summed E-state index contributed by atoms with van der Waals surface area (Å²) in [6.07, 6.45) is 13.9. The standard InChI is InChI=1S/C22H29NO5/c1-5-7-9-11-13-21(25)28-22-17(3)23-14-18(15-26-4)19(22)16-27-20(24)12-10-8-6-2/h2,5,7,14H,8-13,15-16H2,1,3-4H3/b7-5-. The van der Waals surface area contributed by atoms with Crippen LogP contribution in [0.1, 0.15) is 62.3 Å². The molecule has 0 aromatic carbocycles. The van der Waals surface area contributed by atoms with Crippen molar-refractivity contribution in [3.8, 4) is 18.1 Å². The molecule has 28 heavy (non-hydrogen) atoms. The maximum atomic E-state index is 12.2. The van der Waals surface area contributed by atoms with Crippen molar-refractivity contribution in [1.29, 1.82) is 0 Å². The van der Waals surface area contributed by atoms with E-state index in [2.05, 4.69) is 10.9 Å². The number of ether oxygens (including phenoxy) is 3. The highest BCUT2D eigenvalue weighted by Gasteiger charge is 2.18. The van der Waals surface area contributed by atoms with Gasteiger partial charge in [0.25, 0.3) is 0 Å². The fraction of sp³-hybridized carbons (Fsp3) is 0.500. The molecule has 152 valence electrons. The molecule has 0 amide bonds. The van der Waals surface area contributed by atoms with Gasteiger partial charge in [-0.1, -0.05) is 12.2 Å². The van der Waals surface area contributed by atoms with Crippen LogP contribution in [-0.2, 0) is 32.3 Å². The van der Waals surface area contributed by atoms with Gasteiger partial charge in [-0.25, -0.2) is 0 Å². The van der Waals surface area contributed by atoms with Gasteiger partial charge in [-0.05, 0) is 33.1 Å². The smallest absolute Gasteiger partial charge is 0.311 e. The van der Waals surface area contributed by atoms with E-state index in [1.165, 1.54) is 0 Å². The van der Waals surface area contributed by atoms with Gasteiger partial charge in [0.1, 0.15) is 6.61 Å². The van der Waals surface area contributed by atoms with Gasteiger partial charge in [0.15, 0.2) is 5.75 Å². The van der Waals surface area contributed by atoms with Gasteiger partial charge >= 0.3 is 11.9 Å². The molecule has 1 aromatic heterocycles. The molecule has 0 unspecified atom stereocenters. The van der Waals surface area contributed by atoms with Crippen molar-refractivity contribution in [1.82, 2.24) is 4.98 Å². The number of aryl methyl sites for hydroxylation is 1. The van der Waals surface area contributed by atoms with Crippen molar-refractivity contribution in [2.45, 2.75) is 65.6 Å². The second kappa shape index (κ2) is 13.5. The molecule has 0 saturated heterocycles. The minimum atomic E-state index is -0.350. The molecule has 0 bridgehead atoms. The molecule has 6 heteroatoms. The zero-order valence-corrected chi connectivity index (χ0v) is 17.0. The second-order valence-electron chi connectivity index (χ2n) is 6.26. The van der Waals surface area contributed by atoms with Gasteiger partial charge in [-0.3, -0.25) is 14.6 Å². The van der Waals surface area contributed by atoms with E-state index in [9.17, 15) is 9.59 Å². The largest absolute Gasteiger partial charge is 0.461 e. The molecule has 1 aromatic rings. The van der Waals surface area contributed by atoms with E-state index in [1.807, 2.05) is 19.1 Å². The highest BCUT2D eigenvalue weighted by atomic mass is 16.5. The monoisotopic (exact) mass is 387 g/mol. The predicted octanol–water partition coefficient (Wildman–Crippen LogP) is 4.03. The first-order valence-electron chi connectivity index (χ1n) is 9.40. The van der Waals surface area contributed by atoms with E-state index < -0.39 is 0 Å². The number of carbonyl (C=O) groups is 2. The van der Waals surface area contributed by atoms with E-state index in [1.54, 1.807) is 20.2 Å². The Morgan fingerprint density at radius 1 is 1.21 bits per heavy atom. The summed E-state index contributed by atoms with van der Waals surface area (Å²) in [5.41, 5.74) is 1.86. The normalized spacial score (nSPS) is 10.6. The molecule has 0 N–H and O–H groups in total. The van der Waals surface area contributed by atoms with Crippen molar-refractivity contribution in [3.05, 3.63) is 35.2 Å². The lowest BCUT2D eigenvalue weighted by Crippen LogP contribution is -2.14. The summed E-state index contributed by atoms with van der Waals surface area (Å²) in [4.78, 5) is 28.4. The lowest BCUT2D eigenvalue weighted by molar-refractivity contribution is -0.145. The van der Waals surface area contributed by atoms with Crippen molar-refractivity contribution in [2.75, 3.05) is 7.11 Å². The number of pyridine rings is 1. The molecule has 0 radical (unpaired) electrons. The number of aromatic nitrogens is 1. The number of methoxy groups -OCH3 is 1. The SMILES string of the molecule is C#CCCCC(=O)OCc1c(COC)cnc(C)c1OC(=O)CCC/C=C\C. The maximum Gasteiger partial charge on any atom is 0.311 e. The fourth-order valence-electron chi connectivity index (χ4n) is 2.50. The Balaban J connectivity index is 2.88. The second-order valence-corrected chi connectivity index (χ2v) is 6.26. The molecule has 0 aliphatic carbocycles. The molecule has 0 fully saturated rings. The summed E-state index contributed by atoms with van der Waals surface area (Å²) in [7, 11) is 1.56. The Morgan fingerprint density at radius 3 is 2.64 bits per heavy atom. The van der Waals surface area contributed by atoms with Crippen LogP contribution in [0.15, 0.2) is 18.3 Å². The number of rotatable bonds is 12. The van der Waals surface area contributed by atoms with Crippen molar-refractivity contribution in [3.63, 3.8) is 0 Å². The molecular weight excluding hydrogens is 358 g/mol. The number of nitrogens with zero attached hydrogens (tertiary/aromatic N) is 1. The van der Waals surface area contributed by atoms with Crippen LogP contribution in [0.2, 0.25) is 0 Å². The van der Waals surface area contributed by atoms with Crippen LogP contribution in [-0.4, -0.2) is 24.0 Å². The number of unbranched alkanes of at least 4 members (excludes halogenated alkanes) is 2. The topological polar surface area (TPSA) is 74.7 Å². The Bertz CT molecular complexity index is 718. The first-order valence-corrected chi connectivity index (χ1v) is 9.40. The molecule has 6 nitrogen and oxygen atoms in total. The molecule has 1 rings (SSSR count). The maximum absolute atomic E-state index is 12.2. The lowest BCUT2D eigenvalue weighted by Gasteiger charge is -2.16. The molecule has 0 aliphatic rings. The lowest BCUT2D eigenvalue weighted by atomic mass is 10.1. The van der Waals surface area contributed by atoms with Gasteiger partial charge in [-0.2, -0.15) is 0 Å². The van der Waals surface area contributed by atoms with Crippen LogP contribution in [0.5, 0.6) is 5.75 Å². The van der Waals surface area contributed by atoms with Crippen LogP contribution in [0.3, 0.4) is 0 Å². The van der Waals surface area contributed by atoms with Gasteiger partial charge in [0.05, 0.1) is 12.3 Å². The number of carbonyl (C=O) groups excluding carboxylic acids is 2. The highest BCUT2D eigenvalue weighted by molar-refractivity contribution is 5.73. The van der Waals surface area contributed by atoms with E-state index in [-0.39, 0.29) is 31.6 Å². The summed E-state index contributed by atoms with van der Waals surface area (Å²) in [5, 5.41) is 0. The number of hydrogen-bond acceptors (Lipinski definition) is 6. The summed E-state index contributed by atoms with van der Waals surface area (Å²) < 4.78 is 16.1. The van der Waals surface area contributed by atoms with Gasteiger partial charge in [-0.15, -0.1) is 12.3 Å². The minimum Gasteiger partial charge on any atom is -0.461 e. The van der Waals surface area contributed by atoms with Crippen LogP contribution < -0.4 is 4.74 Å². The zero-order chi connectivity index (χ0) is 20.8. The molecule has 1 heterocycles.